The number of nitrogens with two attached hydrogens (primary N) is 2. The lowest BCUT2D eigenvalue weighted by Gasteiger charge is -2.02. The minimum Gasteiger partial charge on any atom is -0.230 e. The second-order valence-corrected chi connectivity index (χ2v) is 7.07. The van der Waals surface area contributed by atoms with Crippen LogP contribution < -0.4 is 10.3 Å². The Morgan fingerprint density at radius 1 is 0.941 bits per heavy atom. The van der Waals surface area contributed by atoms with Crippen molar-refractivity contribution < 1.29 is 14.6 Å². The zero-order valence-electron chi connectivity index (χ0n) is 9.73. The van der Waals surface area contributed by atoms with E-state index in [0.29, 0.717) is 3.57 Å². The molecule has 0 aliphatic carbocycles. The van der Waals surface area contributed by atoms with Crippen molar-refractivity contribution in [2.75, 3.05) is 0 Å². The molecule has 1 aromatic rings. The quantitative estimate of drug-likeness (QED) is 0.716. The number of hydrogen-bond acceptors (Lipinski definition) is 4. The van der Waals surface area contributed by atoms with Gasteiger partial charge in [0.1, 0.15) is 0 Å². The summed E-state index contributed by atoms with van der Waals surface area (Å²) in [6, 6.07) is 3.68. The summed E-state index contributed by atoms with van der Waals surface area (Å²) in [4.78, 5) is 0. The van der Waals surface area contributed by atoms with Crippen molar-refractivity contribution in [3.63, 3.8) is 0 Å². The van der Waals surface area contributed by atoms with Crippen molar-refractivity contribution >= 4 is 30.0 Å². The van der Waals surface area contributed by atoms with Gasteiger partial charge in [0.2, 0.25) is 0 Å². The standard InChI is InChI=1S/C9H11IO2.H4N2O2S/c1-6-4-8(3)9(10(11)12)5-7(6)2;1-5(2,3)4/h4-5H,1-3H3;(H4,1,2,3,4). The van der Waals surface area contributed by atoms with Crippen LogP contribution in [0.4, 0.5) is 0 Å². The summed E-state index contributed by atoms with van der Waals surface area (Å²) in [5.74, 6) is 0. The van der Waals surface area contributed by atoms with Gasteiger partial charge < -0.3 is 0 Å². The summed E-state index contributed by atoms with van der Waals surface area (Å²) in [6.07, 6.45) is 0. The van der Waals surface area contributed by atoms with Gasteiger partial charge in [-0.15, -0.1) is 0 Å². The second-order valence-electron chi connectivity index (χ2n) is 3.49. The monoisotopic (exact) mass is 374 g/mol. The highest BCUT2D eigenvalue weighted by Gasteiger charge is 2.05. The van der Waals surface area contributed by atoms with Gasteiger partial charge in [-0.1, -0.05) is 6.07 Å². The highest BCUT2D eigenvalue weighted by atomic mass is 127. The zero-order valence-corrected chi connectivity index (χ0v) is 12.7. The van der Waals surface area contributed by atoms with Gasteiger partial charge in [0.25, 0.3) is 10.2 Å². The van der Waals surface area contributed by atoms with Gasteiger partial charge in [-0.2, -0.15) is 8.42 Å². The largest absolute Gasteiger partial charge is 0.341 e. The van der Waals surface area contributed by atoms with Crippen LogP contribution in [0.1, 0.15) is 16.7 Å². The average Bonchev–Trinajstić information content (AvgIpc) is 2.07. The highest BCUT2D eigenvalue weighted by Crippen LogP contribution is 2.24. The first-order valence-electron chi connectivity index (χ1n) is 4.46. The topological polar surface area (TPSA) is 120 Å². The Morgan fingerprint density at radius 2 is 1.29 bits per heavy atom. The third-order valence-corrected chi connectivity index (χ3v) is 4.05. The predicted molar refractivity (Wildman–Crippen MR) is 72.0 cm³/mol. The maximum atomic E-state index is 10.8. The number of benzene rings is 1. The fraction of sp³-hybridized carbons (Fsp3) is 0.333. The molecule has 6 nitrogen and oxygen atoms in total. The second kappa shape index (κ2) is 6.38. The van der Waals surface area contributed by atoms with Crippen molar-refractivity contribution in [3.05, 3.63) is 32.4 Å². The van der Waals surface area contributed by atoms with Crippen LogP contribution in [0, 0.1) is 24.3 Å². The van der Waals surface area contributed by atoms with Gasteiger partial charge in [-0.05, 0) is 43.5 Å². The molecule has 0 spiro atoms. The first-order valence-corrected chi connectivity index (χ1v) is 8.91. The third-order valence-electron chi connectivity index (χ3n) is 1.94. The smallest absolute Gasteiger partial charge is 0.230 e. The normalized spacial score (nSPS) is 10.9. The summed E-state index contributed by atoms with van der Waals surface area (Å²) in [7, 11) is -3.67. The molecule has 0 amide bonds. The van der Waals surface area contributed by atoms with E-state index in [2.05, 4.69) is 10.3 Å². The summed E-state index contributed by atoms with van der Waals surface area (Å²) >= 11 is -3.28. The summed E-state index contributed by atoms with van der Waals surface area (Å²) < 4.78 is 40.5. The number of hydrogen-bond donors (Lipinski definition) is 2. The third kappa shape index (κ3) is 7.36. The molecule has 0 aliphatic rings. The molecule has 0 saturated heterocycles. The van der Waals surface area contributed by atoms with E-state index in [4.69, 9.17) is 0 Å². The highest BCUT2D eigenvalue weighted by molar-refractivity contribution is 14.2. The lowest BCUT2D eigenvalue weighted by molar-refractivity contribution is 0.599. The minimum absolute atomic E-state index is 0.530. The molecular formula is C9H15IN2O4S. The maximum Gasteiger partial charge on any atom is 0.341 e. The Kier molecular flexibility index (Phi) is 6.16. The molecule has 1 aromatic carbocycles. The molecule has 17 heavy (non-hydrogen) atoms. The molecule has 8 heteroatoms. The van der Waals surface area contributed by atoms with Crippen LogP contribution in [0.15, 0.2) is 12.1 Å². The van der Waals surface area contributed by atoms with E-state index in [1.807, 2.05) is 26.8 Å². The molecule has 4 N–H and O–H groups in total. The summed E-state index contributed by atoms with van der Waals surface area (Å²) in [5.41, 5.74) is 3.06. The zero-order chi connectivity index (χ0) is 13.8. The van der Waals surface area contributed by atoms with Crippen LogP contribution >= 0.6 is 19.8 Å². The lowest BCUT2D eigenvalue weighted by atomic mass is 10.1. The van der Waals surface area contributed by atoms with E-state index in [1.54, 1.807) is 6.07 Å². The molecule has 0 aliphatic heterocycles. The number of aryl methyl sites for hydroxylation is 3. The fourth-order valence-corrected chi connectivity index (χ4v) is 2.66. The first kappa shape index (κ1) is 16.4. The van der Waals surface area contributed by atoms with Crippen LogP contribution in [0.3, 0.4) is 0 Å². The predicted octanol–water partition coefficient (Wildman–Crippen LogP) is 1.13. The Balaban J connectivity index is 0.000000437. The summed E-state index contributed by atoms with van der Waals surface area (Å²) in [5, 5.41) is 8.21. The lowest BCUT2D eigenvalue weighted by Crippen LogP contribution is -2.21. The fourth-order valence-electron chi connectivity index (χ4n) is 1.09. The SMILES string of the molecule is Cc1cc(C)c(I(=O)=O)cc1C.NS(N)(=O)=O. The Hall–Kier alpha value is -0.580. The van der Waals surface area contributed by atoms with Crippen molar-refractivity contribution in [3.8, 4) is 0 Å². The van der Waals surface area contributed by atoms with Crippen molar-refractivity contribution in [1.29, 1.82) is 0 Å². The Bertz CT molecular complexity index is 563. The molecule has 98 valence electrons. The van der Waals surface area contributed by atoms with Crippen LogP contribution in [0.25, 0.3) is 0 Å². The van der Waals surface area contributed by atoms with Crippen molar-refractivity contribution in [1.82, 2.24) is 0 Å². The number of halogens is 1. The van der Waals surface area contributed by atoms with Gasteiger partial charge in [0.05, 0.1) is 3.57 Å². The van der Waals surface area contributed by atoms with Crippen LogP contribution in [0.2, 0.25) is 0 Å². The molecule has 0 saturated carbocycles. The van der Waals surface area contributed by atoms with Crippen LogP contribution in [-0.4, -0.2) is 8.42 Å². The van der Waals surface area contributed by atoms with E-state index >= 15 is 0 Å². The van der Waals surface area contributed by atoms with Gasteiger partial charge in [0, 0.05) is 0 Å². The molecule has 0 fully saturated rings. The minimum atomic E-state index is -3.67. The average molecular weight is 374 g/mol. The van der Waals surface area contributed by atoms with Crippen LogP contribution in [0.5, 0.6) is 0 Å². The van der Waals surface area contributed by atoms with Gasteiger partial charge in [0.15, 0.2) is 0 Å². The molecule has 0 atom stereocenters. The van der Waals surface area contributed by atoms with E-state index < -0.39 is 30.0 Å². The molecule has 1 rings (SSSR count). The van der Waals surface area contributed by atoms with E-state index in [0.717, 1.165) is 16.7 Å². The Labute approximate surface area is 108 Å². The maximum absolute atomic E-state index is 10.8. The van der Waals surface area contributed by atoms with Crippen LogP contribution in [-0.2, 0) is 16.3 Å². The molecule has 0 unspecified atom stereocenters. The van der Waals surface area contributed by atoms with E-state index in [1.165, 1.54) is 0 Å². The van der Waals surface area contributed by atoms with Gasteiger partial charge in [-0.3, -0.25) is 0 Å². The molecule has 0 radical (unpaired) electrons. The van der Waals surface area contributed by atoms with Gasteiger partial charge >= 0.3 is 19.8 Å². The molecule has 0 heterocycles. The van der Waals surface area contributed by atoms with E-state index in [-0.39, 0.29) is 0 Å². The van der Waals surface area contributed by atoms with Crippen molar-refractivity contribution in [2.24, 2.45) is 10.3 Å². The molecular weight excluding hydrogens is 359 g/mol. The van der Waals surface area contributed by atoms with Gasteiger partial charge in [-0.25, -0.2) is 16.4 Å². The van der Waals surface area contributed by atoms with Crippen molar-refractivity contribution in [2.45, 2.75) is 20.8 Å². The first-order chi connectivity index (χ1) is 7.52. The number of rotatable bonds is 1. The summed E-state index contributed by atoms with van der Waals surface area (Å²) in [6.45, 7) is 5.75. The Morgan fingerprint density at radius 3 is 1.65 bits per heavy atom. The molecule has 0 bridgehead atoms. The van der Waals surface area contributed by atoms with E-state index in [9.17, 15) is 14.6 Å². The molecule has 0 aromatic heterocycles.